The second kappa shape index (κ2) is 15.9. The molecular weight excluding hydrogens is 724 g/mol. The second-order valence-corrected chi connectivity index (χ2v) is 14.4. The van der Waals surface area contributed by atoms with E-state index in [0.717, 1.165) is 5.56 Å². The van der Waals surface area contributed by atoms with Gasteiger partial charge in [0.1, 0.15) is 24.2 Å². The molecule has 2 aliphatic heterocycles. The second-order valence-electron chi connectivity index (χ2n) is 13.5. The number of aliphatic imine (C=N–C) groups is 2. The number of nitrogens with zero attached hydrogens (tertiary/aromatic N) is 2. The number of para-hydroxylation sites is 1. The minimum absolute atomic E-state index is 0.130. The number of carbonyl (C=O) groups excluding carboxylic acids is 1. The van der Waals surface area contributed by atoms with E-state index in [9.17, 15) is 35.1 Å². The maximum atomic E-state index is 13.5. The topological polar surface area (TPSA) is 246 Å². The van der Waals surface area contributed by atoms with E-state index in [-0.39, 0.29) is 29.0 Å². The van der Waals surface area contributed by atoms with Gasteiger partial charge in [0.15, 0.2) is 5.96 Å². The van der Waals surface area contributed by atoms with Gasteiger partial charge in [-0.2, -0.15) is 0 Å². The van der Waals surface area contributed by atoms with Gasteiger partial charge in [-0.15, -0.1) is 0 Å². The largest absolute Gasteiger partial charge is 0.508 e. The van der Waals surface area contributed by atoms with Crippen LogP contribution < -0.4 is 32.3 Å². The van der Waals surface area contributed by atoms with Gasteiger partial charge in [-0.3, -0.25) is 30.2 Å². The summed E-state index contributed by atoms with van der Waals surface area (Å²) in [6, 6.07) is 13.2. The molecule has 0 fully saturated rings. The number of phenols is 1. The van der Waals surface area contributed by atoms with Gasteiger partial charge in [-0.25, -0.2) is 0 Å². The van der Waals surface area contributed by atoms with Crippen molar-refractivity contribution in [3.63, 3.8) is 0 Å². The molecule has 3 aromatic rings. The van der Waals surface area contributed by atoms with Crippen molar-refractivity contribution in [1.29, 1.82) is 0 Å². The Morgan fingerprint density at radius 3 is 2.47 bits per heavy atom. The Kier molecular flexibility index (Phi) is 11.8. The van der Waals surface area contributed by atoms with Crippen LogP contribution in [-0.4, -0.2) is 87.1 Å². The van der Waals surface area contributed by atoms with Crippen molar-refractivity contribution in [3.05, 3.63) is 87.4 Å². The standard InChI is InChI=1S/C35H43BrN8O7/c1-35(2,3)19-8-17(9-20(36)12-19)28(30(33(50)51)44-32(49)29-27(37)24-6-4-5-7-25(24)42-29)43-26(47)16-38-31(48)18-10-21(13-22(45)11-18)41-34-39-14-23(46)15-40-34/h4-13,23,27-28,30-32,38,44-46,48-49H,14-16,37H2,1-3H3,(H,43,47)(H,50,51)(H2,39,40,41)/t27?,28?,30-,31?,32?/m0/s1. The molecule has 0 radical (unpaired) electrons. The number of carbonyl (C=O) groups is 2. The van der Waals surface area contributed by atoms with Crippen LogP contribution in [0.3, 0.4) is 0 Å². The molecule has 0 bridgehead atoms. The van der Waals surface area contributed by atoms with Crippen molar-refractivity contribution in [2.24, 2.45) is 15.7 Å². The van der Waals surface area contributed by atoms with Crippen LogP contribution in [0, 0.1) is 0 Å². The molecule has 16 heteroatoms. The molecule has 1 amide bonds. The Morgan fingerprint density at radius 1 is 1.06 bits per heavy atom. The van der Waals surface area contributed by atoms with E-state index in [2.05, 4.69) is 52.5 Å². The third-order valence-electron chi connectivity index (χ3n) is 8.46. The Hall–Kier alpha value is -4.42. The minimum atomic E-state index is -1.57. The van der Waals surface area contributed by atoms with Crippen LogP contribution in [0.4, 0.5) is 11.4 Å². The summed E-state index contributed by atoms with van der Waals surface area (Å²) in [5, 5.41) is 66.7. The molecule has 6 atom stereocenters. The Labute approximate surface area is 303 Å². The quantitative estimate of drug-likeness (QED) is 0.118. The molecule has 2 heterocycles. The molecule has 2 aliphatic rings. The number of carboxylic acids is 1. The van der Waals surface area contributed by atoms with Crippen LogP contribution in [0.25, 0.3) is 0 Å². The van der Waals surface area contributed by atoms with Gasteiger partial charge in [0.25, 0.3) is 0 Å². The number of rotatable bonds is 12. The van der Waals surface area contributed by atoms with E-state index in [0.29, 0.717) is 39.5 Å². The maximum absolute atomic E-state index is 13.5. The summed E-state index contributed by atoms with van der Waals surface area (Å²) in [7, 11) is 0. The van der Waals surface area contributed by atoms with Gasteiger partial charge in [-0.05, 0) is 46.9 Å². The number of hydrogen-bond acceptors (Lipinski definition) is 13. The van der Waals surface area contributed by atoms with Crippen LogP contribution in [-0.2, 0) is 15.0 Å². The number of amides is 1. The van der Waals surface area contributed by atoms with Crippen molar-refractivity contribution >= 4 is 50.9 Å². The van der Waals surface area contributed by atoms with Crippen LogP contribution in [0.5, 0.6) is 5.75 Å². The molecule has 12 N–H and O–H groups in total. The number of aliphatic hydroxyl groups is 3. The zero-order valence-electron chi connectivity index (χ0n) is 28.3. The number of hydrogen-bond donors (Lipinski definition) is 11. The SMILES string of the molecule is CC(C)(C)c1cc(Br)cc(C(NC(=O)CNC(O)c2cc(O)cc(NC3=NCC(O)CN3)c2)[C@H](NC(O)C2=Nc3ccccc3C2N)C(=O)O)c1. The molecular formula is C35H43BrN8O7. The first-order chi connectivity index (χ1) is 24.1. The molecule has 0 aliphatic carbocycles. The van der Waals surface area contributed by atoms with Gasteiger partial charge < -0.3 is 47.2 Å². The van der Waals surface area contributed by atoms with Gasteiger partial charge in [0.05, 0.1) is 42.7 Å². The lowest BCUT2D eigenvalue weighted by atomic mass is 9.84. The predicted molar refractivity (Wildman–Crippen MR) is 196 cm³/mol. The average molecular weight is 768 g/mol. The fraction of sp³-hybridized carbons (Fsp3) is 0.371. The Balaban J connectivity index is 1.35. The third kappa shape index (κ3) is 9.48. The van der Waals surface area contributed by atoms with Gasteiger partial charge in [-0.1, -0.05) is 61.0 Å². The number of aliphatic carboxylic acids is 1. The van der Waals surface area contributed by atoms with Gasteiger partial charge >= 0.3 is 5.97 Å². The summed E-state index contributed by atoms with van der Waals surface area (Å²) >= 11 is 3.52. The van der Waals surface area contributed by atoms with Crippen LogP contribution in [0.2, 0.25) is 0 Å². The molecule has 15 nitrogen and oxygen atoms in total. The van der Waals surface area contributed by atoms with Crippen molar-refractivity contribution in [1.82, 2.24) is 21.3 Å². The van der Waals surface area contributed by atoms with Crippen molar-refractivity contribution in [2.75, 3.05) is 25.0 Å². The van der Waals surface area contributed by atoms with Crippen molar-refractivity contribution < 1.29 is 35.1 Å². The number of guanidine groups is 1. The number of nitrogens with two attached hydrogens (primary N) is 1. The lowest BCUT2D eigenvalue weighted by molar-refractivity contribution is -0.141. The molecule has 3 aromatic carbocycles. The molecule has 5 unspecified atom stereocenters. The van der Waals surface area contributed by atoms with Crippen LogP contribution in [0.1, 0.15) is 61.3 Å². The lowest BCUT2D eigenvalue weighted by Gasteiger charge is -2.30. The Morgan fingerprint density at radius 2 is 1.80 bits per heavy atom. The van der Waals surface area contributed by atoms with E-state index in [4.69, 9.17) is 5.73 Å². The highest BCUT2D eigenvalue weighted by molar-refractivity contribution is 9.10. The third-order valence-corrected chi connectivity index (χ3v) is 8.92. The summed E-state index contributed by atoms with van der Waals surface area (Å²) in [5.41, 5.74) is 9.33. The summed E-state index contributed by atoms with van der Waals surface area (Å²) in [5.74, 6) is -1.81. The monoisotopic (exact) mass is 766 g/mol. The number of carboxylic acid groups (broad SMARTS) is 1. The zero-order valence-corrected chi connectivity index (χ0v) is 29.8. The fourth-order valence-electron chi connectivity index (χ4n) is 5.75. The van der Waals surface area contributed by atoms with E-state index < -0.39 is 55.1 Å². The van der Waals surface area contributed by atoms with Gasteiger partial charge in [0, 0.05) is 33.9 Å². The van der Waals surface area contributed by atoms with E-state index in [1.165, 1.54) is 12.1 Å². The van der Waals surface area contributed by atoms with Gasteiger partial charge in [0.2, 0.25) is 5.91 Å². The molecule has 51 heavy (non-hydrogen) atoms. The summed E-state index contributed by atoms with van der Waals surface area (Å²) in [6.45, 7) is 6.03. The number of anilines is 1. The number of halogens is 1. The van der Waals surface area contributed by atoms with Crippen molar-refractivity contribution in [3.8, 4) is 5.75 Å². The molecule has 0 saturated heterocycles. The fourth-order valence-corrected chi connectivity index (χ4v) is 6.26. The average Bonchev–Trinajstić information content (AvgIpc) is 3.41. The maximum Gasteiger partial charge on any atom is 0.323 e. The van der Waals surface area contributed by atoms with E-state index >= 15 is 0 Å². The number of phenolic OH excluding ortho intramolecular Hbond substituents is 1. The number of β-amino-alcohol motifs (C(OH)–C–C–N with tert-alkyl or cyclic N) is 1. The molecule has 0 aromatic heterocycles. The number of aromatic hydroxyl groups is 1. The molecule has 272 valence electrons. The first kappa shape index (κ1) is 37.8. The predicted octanol–water partition coefficient (Wildman–Crippen LogP) is 1.77. The summed E-state index contributed by atoms with van der Waals surface area (Å²) in [4.78, 5) is 35.0. The Bertz CT molecular complexity index is 1830. The molecule has 0 spiro atoms. The first-order valence-electron chi connectivity index (χ1n) is 16.3. The number of nitrogens with one attached hydrogen (secondary N) is 5. The normalized spacial score (nSPS) is 19.5. The highest BCUT2D eigenvalue weighted by Gasteiger charge is 2.37. The van der Waals surface area contributed by atoms with E-state index in [1.807, 2.05) is 26.8 Å². The van der Waals surface area contributed by atoms with E-state index in [1.54, 1.807) is 42.5 Å². The molecule has 5 rings (SSSR count). The van der Waals surface area contributed by atoms with Crippen LogP contribution in [0.15, 0.2) is 75.1 Å². The highest BCUT2D eigenvalue weighted by Crippen LogP contribution is 2.34. The number of fused-ring (bicyclic) bond motifs is 1. The zero-order chi connectivity index (χ0) is 37.0. The minimum Gasteiger partial charge on any atom is -0.508 e. The molecule has 0 saturated carbocycles. The first-order valence-corrected chi connectivity index (χ1v) is 17.1. The summed E-state index contributed by atoms with van der Waals surface area (Å²) < 4.78 is 0.652. The highest BCUT2D eigenvalue weighted by atomic mass is 79.9. The smallest absolute Gasteiger partial charge is 0.323 e. The number of aliphatic hydroxyl groups excluding tert-OH is 3. The van der Waals surface area contributed by atoms with Crippen molar-refractivity contribution in [2.45, 2.75) is 62.9 Å². The van der Waals surface area contributed by atoms with Crippen LogP contribution >= 0.6 is 15.9 Å². The lowest BCUT2D eigenvalue weighted by Crippen LogP contribution is -2.55. The number of benzene rings is 3. The summed E-state index contributed by atoms with van der Waals surface area (Å²) in [6.07, 6.45) is -3.60.